The van der Waals surface area contributed by atoms with Gasteiger partial charge in [-0.25, -0.2) is 0 Å². The Hall–Kier alpha value is -1.46. The molecule has 1 aromatic rings. The molecule has 0 radical (unpaired) electrons. The van der Waals surface area contributed by atoms with Gasteiger partial charge in [0.25, 0.3) is 0 Å². The lowest BCUT2D eigenvalue weighted by Crippen LogP contribution is -2.26. The largest absolute Gasteiger partial charge is 0.496 e. The molecular weight excluding hydrogens is 210 g/mol. The van der Waals surface area contributed by atoms with Crippen LogP contribution in [0.3, 0.4) is 0 Å². The fourth-order valence-electron chi connectivity index (χ4n) is 1.99. The van der Waals surface area contributed by atoms with Crippen LogP contribution in [0, 0.1) is 11.8 Å². The van der Waals surface area contributed by atoms with Gasteiger partial charge < -0.3 is 4.74 Å². The minimum absolute atomic E-state index is 0.723. The van der Waals surface area contributed by atoms with Crippen molar-refractivity contribution < 1.29 is 4.74 Å². The van der Waals surface area contributed by atoms with E-state index in [1.165, 1.54) is 18.4 Å². The van der Waals surface area contributed by atoms with Crippen molar-refractivity contribution >= 4 is 0 Å². The second-order valence-corrected chi connectivity index (χ2v) is 4.37. The van der Waals surface area contributed by atoms with Crippen LogP contribution in [-0.4, -0.2) is 24.6 Å². The van der Waals surface area contributed by atoms with E-state index in [9.17, 15) is 0 Å². The van der Waals surface area contributed by atoms with Crippen molar-refractivity contribution in [2.24, 2.45) is 0 Å². The SMILES string of the molecule is CC#CCN(Cc1ccccc1OC)C1CC1. The lowest BCUT2D eigenvalue weighted by atomic mass is 10.2. The van der Waals surface area contributed by atoms with E-state index in [4.69, 9.17) is 4.74 Å². The molecule has 90 valence electrons. The average molecular weight is 229 g/mol. The van der Waals surface area contributed by atoms with Gasteiger partial charge in [0.2, 0.25) is 0 Å². The van der Waals surface area contributed by atoms with Gasteiger partial charge in [0.1, 0.15) is 5.75 Å². The molecule has 0 spiro atoms. The maximum Gasteiger partial charge on any atom is 0.123 e. The monoisotopic (exact) mass is 229 g/mol. The number of hydrogen-bond acceptors (Lipinski definition) is 2. The molecule has 2 heteroatoms. The molecule has 1 aromatic carbocycles. The molecule has 2 rings (SSSR count). The molecule has 1 fully saturated rings. The predicted octanol–water partition coefficient (Wildman–Crippen LogP) is 2.68. The Kier molecular flexibility index (Phi) is 4.06. The van der Waals surface area contributed by atoms with Crippen molar-refractivity contribution in [3.8, 4) is 17.6 Å². The van der Waals surface area contributed by atoms with E-state index in [0.29, 0.717) is 0 Å². The number of benzene rings is 1. The zero-order valence-electron chi connectivity index (χ0n) is 10.6. The quantitative estimate of drug-likeness (QED) is 0.720. The molecule has 0 bridgehead atoms. The Morgan fingerprint density at radius 1 is 1.35 bits per heavy atom. The zero-order chi connectivity index (χ0) is 12.1. The molecule has 0 aromatic heterocycles. The lowest BCUT2D eigenvalue weighted by molar-refractivity contribution is 0.282. The van der Waals surface area contributed by atoms with Crippen molar-refractivity contribution in [2.75, 3.05) is 13.7 Å². The number of rotatable bonds is 5. The first-order chi connectivity index (χ1) is 8.35. The zero-order valence-corrected chi connectivity index (χ0v) is 10.6. The van der Waals surface area contributed by atoms with E-state index in [2.05, 4.69) is 28.9 Å². The Bertz CT molecular complexity index is 426. The number of para-hydroxylation sites is 1. The summed E-state index contributed by atoms with van der Waals surface area (Å²) >= 11 is 0. The van der Waals surface area contributed by atoms with Crippen LogP contribution >= 0.6 is 0 Å². The van der Waals surface area contributed by atoms with Crippen LogP contribution in [0.2, 0.25) is 0 Å². The summed E-state index contributed by atoms with van der Waals surface area (Å²) in [5, 5.41) is 0. The molecule has 0 aliphatic heterocycles. The van der Waals surface area contributed by atoms with Crippen LogP contribution in [-0.2, 0) is 6.54 Å². The lowest BCUT2D eigenvalue weighted by Gasteiger charge is -2.20. The van der Waals surface area contributed by atoms with Gasteiger partial charge in [0.15, 0.2) is 0 Å². The van der Waals surface area contributed by atoms with E-state index in [-0.39, 0.29) is 0 Å². The highest BCUT2D eigenvalue weighted by Gasteiger charge is 2.28. The maximum atomic E-state index is 5.39. The highest BCUT2D eigenvalue weighted by molar-refractivity contribution is 5.33. The summed E-state index contributed by atoms with van der Waals surface area (Å²) in [6.07, 6.45) is 2.61. The molecule has 0 atom stereocenters. The fourth-order valence-corrected chi connectivity index (χ4v) is 1.99. The second-order valence-electron chi connectivity index (χ2n) is 4.37. The predicted molar refractivity (Wildman–Crippen MR) is 69.9 cm³/mol. The molecule has 1 saturated carbocycles. The van der Waals surface area contributed by atoms with E-state index < -0.39 is 0 Å². The molecule has 0 amide bonds. The summed E-state index contributed by atoms with van der Waals surface area (Å²) in [5.41, 5.74) is 1.25. The second kappa shape index (κ2) is 5.75. The van der Waals surface area contributed by atoms with Gasteiger partial charge in [-0.05, 0) is 25.8 Å². The highest BCUT2D eigenvalue weighted by atomic mass is 16.5. The van der Waals surface area contributed by atoms with Gasteiger partial charge in [0.05, 0.1) is 13.7 Å². The van der Waals surface area contributed by atoms with Gasteiger partial charge >= 0.3 is 0 Å². The molecule has 0 heterocycles. The van der Waals surface area contributed by atoms with Crippen molar-refractivity contribution in [3.63, 3.8) is 0 Å². The van der Waals surface area contributed by atoms with E-state index >= 15 is 0 Å². The van der Waals surface area contributed by atoms with Gasteiger partial charge in [-0.15, -0.1) is 5.92 Å². The molecular formula is C15H19NO. The van der Waals surface area contributed by atoms with Crippen LogP contribution in [0.15, 0.2) is 24.3 Å². The van der Waals surface area contributed by atoms with Gasteiger partial charge in [-0.1, -0.05) is 24.1 Å². The molecule has 0 unspecified atom stereocenters. The van der Waals surface area contributed by atoms with Crippen LogP contribution in [0.4, 0.5) is 0 Å². The molecule has 1 aliphatic carbocycles. The van der Waals surface area contributed by atoms with E-state index in [1.54, 1.807) is 7.11 Å². The molecule has 1 aliphatic rings. The summed E-state index contributed by atoms with van der Waals surface area (Å²) in [5.74, 6) is 7.11. The van der Waals surface area contributed by atoms with E-state index in [1.807, 2.05) is 19.1 Å². The Labute approximate surface area is 104 Å². The first-order valence-corrected chi connectivity index (χ1v) is 6.10. The van der Waals surface area contributed by atoms with Crippen LogP contribution in [0.25, 0.3) is 0 Å². The standard InChI is InChI=1S/C15H19NO/c1-3-4-11-16(14-9-10-14)12-13-7-5-6-8-15(13)17-2/h5-8,14H,9-12H2,1-2H3. The van der Waals surface area contributed by atoms with Gasteiger partial charge in [-0.2, -0.15) is 0 Å². The van der Waals surface area contributed by atoms with Gasteiger partial charge in [0, 0.05) is 18.2 Å². The minimum Gasteiger partial charge on any atom is -0.496 e. The Balaban J connectivity index is 2.07. The summed E-state index contributed by atoms with van der Waals surface area (Å²) < 4.78 is 5.39. The van der Waals surface area contributed by atoms with Crippen LogP contribution < -0.4 is 4.74 Å². The molecule has 0 saturated heterocycles. The van der Waals surface area contributed by atoms with Crippen molar-refractivity contribution in [2.45, 2.75) is 32.4 Å². The summed E-state index contributed by atoms with van der Waals surface area (Å²) in [6.45, 7) is 3.69. The minimum atomic E-state index is 0.723. The van der Waals surface area contributed by atoms with E-state index in [0.717, 1.165) is 24.9 Å². The summed E-state index contributed by atoms with van der Waals surface area (Å²) in [7, 11) is 1.73. The van der Waals surface area contributed by atoms with Crippen molar-refractivity contribution in [1.29, 1.82) is 0 Å². The fraction of sp³-hybridized carbons (Fsp3) is 0.467. The molecule has 17 heavy (non-hydrogen) atoms. The average Bonchev–Trinajstić information content (AvgIpc) is 3.19. The van der Waals surface area contributed by atoms with Crippen molar-refractivity contribution in [3.05, 3.63) is 29.8 Å². The third kappa shape index (κ3) is 3.25. The number of nitrogens with zero attached hydrogens (tertiary/aromatic N) is 1. The Morgan fingerprint density at radius 3 is 2.76 bits per heavy atom. The Morgan fingerprint density at radius 2 is 2.12 bits per heavy atom. The first-order valence-electron chi connectivity index (χ1n) is 6.10. The summed E-state index contributed by atoms with van der Waals surface area (Å²) in [4.78, 5) is 2.44. The first kappa shape index (κ1) is 12.0. The van der Waals surface area contributed by atoms with Gasteiger partial charge in [-0.3, -0.25) is 4.90 Å². The summed E-state index contributed by atoms with van der Waals surface area (Å²) in [6, 6.07) is 8.95. The number of hydrogen-bond donors (Lipinski definition) is 0. The van der Waals surface area contributed by atoms with Crippen molar-refractivity contribution in [1.82, 2.24) is 4.90 Å². The third-order valence-electron chi connectivity index (χ3n) is 3.09. The maximum absolute atomic E-state index is 5.39. The number of ether oxygens (including phenoxy) is 1. The van der Waals surface area contributed by atoms with Crippen LogP contribution in [0.5, 0.6) is 5.75 Å². The third-order valence-corrected chi connectivity index (χ3v) is 3.09. The molecule has 0 N–H and O–H groups in total. The number of methoxy groups -OCH3 is 1. The highest BCUT2D eigenvalue weighted by Crippen LogP contribution is 2.29. The molecule has 2 nitrogen and oxygen atoms in total. The smallest absolute Gasteiger partial charge is 0.123 e. The van der Waals surface area contributed by atoms with Crippen LogP contribution in [0.1, 0.15) is 25.3 Å². The topological polar surface area (TPSA) is 12.5 Å². The normalized spacial score (nSPS) is 14.3.